The second-order valence-electron chi connectivity index (χ2n) is 10.2. The van der Waals surface area contributed by atoms with E-state index in [2.05, 4.69) is 5.32 Å². The highest BCUT2D eigenvalue weighted by Gasteiger charge is 2.30. The van der Waals surface area contributed by atoms with Gasteiger partial charge in [-0.1, -0.05) is 91.4 Å². The van der Waals surface area contributed by atoms with E-state index in [1.54, 1.807) is 0 Å². The van der Waals surface area contributed by atoms with Gasteiger partial charge < -0.3 is 15.5 Å². The fraction of sp³-hybridized carbons (Fsp3) is 0.885. The van der Waals surface area contributed by atoms with Gasteiger partial charge in [-0.15, -0.1) is 0 Å². The van der Waals surface area contributed by atoms with Gasteiger partial charge in [-0.3, -0.25) is 14.4 Å². The molecule has 0 aliphatic heterocycles. The van der Waals surface area contributed by atoms with Crippen molar-refractivity contribution in [2.45, 2.75) is 130 Å². The minimum absolute atomic E-state index is 0.110. The van der Waals surface area contributed by atoms with Crippen molar-refractivity contribution < 1.29 is 24.6 Å². The van der Waals surface area contributed by atoms with Crippen molar-refractivity contribution in [2.75, 3.05) is 6.54 Å². The average Bonchev–Trinajstić information content (AvgIpc) is 2.69. The number of carboxylic acids is 2. The molecule has 3 N–H and O–H groups in total. The van der Waals surface area contributed by atoms with Gasteiger partial charge in [0.15, 0.2) is 0 Å². The first-order valence-electron chi connectivity index (χ1n) is 12.9. The Bertz CT molecular complexity index is 513. The Morgan fingerprint density at radius 2 is 1.09 bits per heavy atom. The quantitative estimate of drug-likeness (QED) is 0.170. The molecular weight excluding hydrogens is 406 g/mol. The lowest BCUT2D eigenvalue weighted by Gasteiger charge is -2.26. The molecule has 0 radical (unpaired) electrons. The van der Waals surface area contributed by atoms with Crippen molar-refractivity contribution in [2.24, 2.45) is 11.3 Å². The van der Waals surface area contributed by atoms with E-state index in [1.165, 1.54) is 44.9 Å². The number of hydrogen-bond acceptors (Lipinski definition) is 3. The summed E-state index contributed by atoms with van der Waals surface area (Å²) in [4.78, 5) is 33.7. The Hall–Kier alpha value is -1.59. The summed E-state index contributed by atoms with van der Waals surface area (Å²) in [5, 5.41) is 20.9. The largest absolute Gasteiger partial charge is 0.481 e. The monoisotopic (exact) mass is 455 g/mol. The highest BCUT2D eigenvalue weighted by Crippen LogP contribution is 2.30. The van der Waals surface area contributed by atoms with Gasteiger partial charge in [-0.2, -0.15) is 0 Å². The van der Waals surface area contributed by atoms with Crippen LogP contribution >= 0.6 is 0 Å². The molecule has 0 bridgehead atoms. The van der Waals surface area contributed by atoms with Crippen LogP contribution in [0.5, 0.6) is 0 Å². The van der Waals surface area contributed by atoms with E-state index in [1.807, 2.05) is 20.8 Å². The second kappa shape index (κ2) is 18.9. The van der Waals surface area contributed by atoms with E-state index < -0.39 is 11.9 Å². The number of carbonyl (C=O) groups is 3. The molecule has 0 heterocycles. The summed E-state index contributed by atoms with van der Waals surface area (Å²) in [6, 6.07) is 0. The zero-order chi connectivity index (χ0) is 24.2. The third kappa shape index (κ3) is 19.1. The van der Waals surface area contributed by atoms with Crippen LogP contribution in [0.15, 0.2) is 0 Å². The molecule has 0 fully saturated rings. The van der Waals surface area contributed by atoms with Gasteiger partial charge in [0.2, 0.25) is 5.91 Å². The third-order valence-corrected chi connectivity index (χ3v) is 6.13. The fourth-order valence-electron chi connectivity index (χ4n) is 4.05. The number of rotatable bonds is 21. The van der Waals surface area contributed by atoms with Gasteiger partial charge in [0.1, 0.15) is 0 Å². The summed E-state index contributed by atoms with van der Waals surface area (Å²) in [6.45, 7) is 6.52. The van der Waals surface area contributed by atoms with E-state index in [-0.39, 0.29) is 17.2 Å². The lowest BCUT2D eigenvalue weighted by atomic mass is 9.78. The summed E-state index contributed by atoms with van der Waals surface area (Å²) in [7, 11) is 0. The molecule has 0 aliphatic carbocycles. The van der Waals surface area contributed by atoms with Gasteiger partial charge >= 0.3 is 11.9 Å². The molecule has 0 aromatic rings. The number of aliphatic carboxylic acids is 2. The Balaban J connectivity index is 3.42. The number of hydrogen-bond donors (Lipinski definition) is 3. The van der Waals surface area contributed by atoms with Gasteiger partial charge in [0, 0.05) is 19.4 Å². The summed E-state index contributed by atoms with van der Waals surface area (Å²) in [6.07, 6.45) is 16.9. The molecule has 6 nitrogen and oxygen atoms in total. The first kappa shape index (κ1) is 30.4. The van der Waals surface area contributed by atoms with Crippen LogP contribution < -0.4 is 5.32 Å². The summed E-state index contributed by atoms with van der Waals surface area (Å²) in [5.74, 6) is -1.65. The van der Waals surface area contributed by atoms with Crippen LogP contribution in [0.25, 0.3) is 0 Å². The minimum atomic E-state index is -0.730. The number of nitrogens with one attached hydrogen (secondary N) is 1. The molecule has 6 heteroatoms. The normalized spacial score (nSPS) is 12.5. The maximum atomic E-state index is 11.9. The fourth-order valence-corrected chi connectivity index (χ4v) is 4.05. The number of carbonyl (C=O) groups excluding carboxylic acids is 1. The molecule has 0 aliphatic rings. The molecule has 1 atom stereocenters. The Labute approximate surface area is 195 Å². The van der Waals surface area contributed by atoms with Gasteiger partial charge in [0.25, 0.3) is 0 Å². The molecule has 0 saturated carbocycles. The first-order valence-corrected chi connectivity index (χ1v) is 12.9. The molecule has 1 unspecified atom stereocenters. The first-order chi connectivity index (χ1) is 15.1. The maximum absolute atomic E-state index is 11.9. The number of amides is 1. The zero-order valence-electron chi connectivity index (χ0n) is 20.9. The van der Waals surface area contributed by atoms with E-state index in [4.69, 9.17) is 5.11 Å². The number of carboxylic acid groups (broad SMARTS) is 2. The lowest BCUT2D eigenvalue weighted by Crippen LogP contribution is -2.29. The van der Waals surface area contributed by atoms with Crippen LogP contribution in [0.2, 0.25) is 0 Å². The van der Waals surface area contributed by atoms with Gasteiger partial charge in [-0.25, -0.2) is 0 Å². The predicted molar refractivity (Wildman–Crippen MR) is 130 cm³/mol. The predicted octanol–water partition coefficient (Wildman–Crippen LogP) is 6.57. The summed E-state index contributed by atoms with van der Waals surface area (Å²) >= 11 is 0. The molecule has 0 saturated heterocycles. The van der Waals surface area contributed by atoms with Crippen molar-refractivity contribution in [3.63, 3.8) is 0 Å². The maximum Gasteiger partial charge on any atom is 0.307 e. The van der Waals surface area contributed by atoms with Crippen molar-refractivity contribution in [3.05, 3.63) is 0 Å². The lowest BCUT2D eigenvalue weighted by molar-refractivity contribution is -0.146. The average molecular weight is 456 g/mol. The van der Waals surface area contributed by atoms with E-state index in [0.29, 0.717) is 25.8 Å². The van der Waals surface area contributed by atoms with E-state index >= 15 is 0 Å². The SMILES string of the molecule is CC(C)(C)C(CCCCNC(=O)CCCCCCCCCCCCCCC(=O)O)C(=O)O. The highest BCUT2D eigenvalue weighted by atomic mass is 16.4. The molecule has 0 aromatic carbocycles. The molecule has 188 valence electrons. The standard InChI is InChI=1S/C26H49NO5/c1-26(2,3)22(25(31)32)18-16-17-21-27-23(28)19-14-12-10-8-6-4-5-7-9-11-13-15-20-24(29)30/h22H,4-21H2,1-3H3,(H,27,28)(H,29,30)(H,31,32). The van der Waals surface area contributed by atoms with E-state index in [0.717, 1.165) is 44.9 Å². The molecule has 0 aromatic heterocycles. The highest BCUT2D eigenvalue weighted by molar-refractivity contribution is 5.75. The van der Waals surface area contributed by atoms with Crippen LogP contribution in [-0.2, 0) is 14.4 Å². The topological polar surface area (TPSA) is 104 Å². The number of unbranched alkanes of at least 4 members (excludes halogenated alkanes) is 12. The zero-order valence-corrected chi connectivity index (χ0v) is 20.9. The molecule has 32 heavy (non-hydrogen) atoms. The van der Waals surface area contributed by atoms with Gasteiger partial charge in [0.05, 0.1) is 5.92 Å². The third-order valence-electron chi connectivity index (χ3n) is 6.13. The van der Waals surface area contributed by atoms with Crippen molar-refractivity contribution in [1.82, 2.24) is 5.32 Å². The molecule has 1 amide bonds. The van der Waals surface area contributed by atoms with Crippen LogP contribution in [-0.4, -0.2) is 34.6 Å². The van der Waals surface area contributed by atoms with Gasteiger partial charge in [-0.05, 0) is 31.1 Å². The van der Waals surface area contributed by atoms with Crippen molar-refractivity contribution in [3.8, 4) is 0 Å². The summed E-state index contributed by atoms with van der Waals surface area (Å²) in [5.41, 5.74) is -0.237. The Morgan fingerprint density at radius 1 is 0.656 bits per heavy atom. The van der Waals surface area contributed by atoms with Crippen LogP contribution in [0, 0.1) is 11.3 Å². The molecular formula is C26H49NO5. The van der Waals surface area contributed by atoms with E-state index in [9.17, 15) is 19.5 Å². The van der Waals surface area contributed by atoms with Crippen molar-refractivity contribution in [1.29, 1.82) is 0 Å². The van der Waals surface area contributed by atoms with Crippen LogP contribution in [0.4, 0.5) is 0 Å². The molecule has 0 rings (SSSR count). The minimum Gasteiger partial charge on any atom is -0.481 e. The smallest absolute Gasteiger partial charge is 0.307 e. The van der Waals surface area contributed by atoms with Crippen LogP contribution in [0.3, 0.4) is 0 Å². The molecule has 0 spiro atoms. The van der Waals surface area contributed by atoms with Crippen molar-refractivity contribution >= 4 is 17.8 Å². The second-order valence-corrected chi connectivity index (χ2v) is 10.2. The Kier molecular flexibility index (Phi) is 18.0. The Morgan fingerprint density at radius 3 is 1.50 bits per heavy atom. The van der Waals surface area contributed by atoms with Crippen LogP contribution in [0.1, 0.15) is 130 Å². The summed E-state index contributed by atoms with van der Waals surface area (Å²) < 4.78 is 0.